The van der Waals surface area contributed by atoms with Crippen LogP contribution in [0.5, 0.6) is 0 Å². The molecular weight excluding hydrogens is 234 g/mol. The number of para-hydroxylation sites is 1. The van der Waals surface area contributed by atoms with Gasteiger partial charge in [-0.25, -0.2) is 4.98 Å². The minimum absolute atomic E-state index is 0.379. The molecule has 3 rings (SSSR count). The van der Waals surface area contributed by atoms with Gasteiger partial charge >= 0.3 is 0 Å². The third-order valence-corrected chi connectivity index (χ3v) is 2.90. The SMILES string of the molecule is ClCc1nc2ccncc2n1-c1ccccc1. The van der Waals surface area contributed by atoms with E-state index >= 15 is 0 Å². The quantitative estimate of drug-likeness (QED) is 0.648. The van der Waals surface area contributed by atoms with Crippen LogP contribution in [0.3, 0.4) is 0 Å². The Hall–Kier alpha value is -1.87. The number of pyridine rings is 1. The number of hydrogen-bond donors (Lipinski definition) is 0. The van der Waals surface area contributed by atoms with E-state index in [0.29, 0.717) is 5.88 Å². The molecule has 0 N–H and O–H groups in total. The van der Waals surface area contributed by atoms with E-state index in [1.165, 1.54) is 0 Å². The first kappa shape index (κ1) is 10.3. The molecule has 0 atom stereocenters. The van der Waals surface area contributed by atoms with E-state index in [4.69, 9.17) is 11.6 Å². The lowest BCUT2D eigenvalue weighted by molar-refractivity contribution is 0.980. The Morgan fingerprint density at radius 2 is 1.94 bits per heavy atom. The molecule has 0 saturated carbocycles. The number of nitrogens with zero attached hydrogens (tertiary/aromatic N) is 3. The van der Waals surface area contributed by atoms with Gasteiger partial charge in [-0.15, -0.1) is 11.6 Å². The van der Waals surface area contributed by atoms with Gasteiger partial charge in [0.2, 0.25) is 0 Å². The van der Waals surface area contributed by atoms with Crippen molar-refractivity contribution in [2.45, 2.75) is 5.88 Å². The second-order valence-electron chi connectivity index (χ2n) is 3.70. The molecule has 3 nitrogen and oxygen atoms in total. The van der Waals surface area contributed by atoms with Crippen LogP contribution in [0.15, 0.2) is 48.8 Å². The van der Waals surface area contributed by atoms with E-state index < -0.39 is 0 Å². The number of halogens is 1. The first-order valence-electron chi connectivity index (χ1n) is 5.33. The largest absolute Gasteiger partial charge is 0.294 e. The number of aromatic nitrogens is 3. The Morgan fingerprint density at radius 1 is 1.12 bits per heavy atom. The van der Waals surface area contributed by atoms with Gasteiger partial charge in [0.05, 0.1) is 23.1 Å². The normalized spacial score (nSPS) is 10.9. The monoisotopic (exact) mass is 243 g/mol. The summed E-state index contributed by atoms with van der Waals surface area (Å²) in [6.07, 6.45) is 3.55. The molecule has 0 unspecified atom stereocenters. The zero-order valence-corrected chi connectivity index (χ0v) is 9.80. The third kappa shape index (κ3) is 1.68. The van der Waals surface area contributed by atoms with Crippen molar-refractivity contribution in [2.24, 2.45) is 0 Å². The van der Waals surface area contributed by atoms with E-state index in [1.54, 1.807) is 6.20 Å². The Balaban J connectivity index is 2.34. The van der Waals surface area contributed by atoms with Crippen LogP contribution in [0.2, 0.25) is 0 Å². The number of fused-ring (bicyclic) bond motifs is 1. The highest BCUT2D eigenvalue weighted by molar-refractivity contribution is 6.17. The zero-order chi connectivity index (χ0) is 11.7. The Morgan fingerprint density at radius 3 is 2.71 bits per heavy atom. The van der Waals surface area contributed by atoms with Gasteiger partial charge in [0, 0.05) is 11.9 Å². The lowest BCUT2D eigenvalue weighted by Crippen LogP contribution is -1.98. The highest BCUT2D eigenvalue weighted by Gasteiger charge is 2.10. The summed E-state index contributed by atoms with van der Waals surface area (Å²) in [6.45, 7) is 0. The summed E-state index contributed by atoms with van der Waals surface area (Å²) in [6, 6.07) is 11.9. The minimum atomic E-state index is 0.379. The summed E-state index contributed by atoms with van der Waals surface area (Å²) in [5.74, 6) is 1.21. The number of rotatable bonds is 2. The summed E-state index contributed by atoms with van der Waals surface area (Å²) in [5.41, 5.74) is 2.95. The average molecular weight is 244 g/mol. The molecule has 0 saturated heterocycles. The maximum atomic E-state index is 5.95. The molecule has 17 heavy (non-hydrogen) atoms. The maximum absolute atomic E-state index is 5.95. The predicted octanol–water partition coefficient (Wildman–Crippen LogP) is 3.16. The molecule has 2 heterocycles. The number of imidazole rings is 1. The highest BCUT2D eigenvalue weighted by atomic mass is 35.5. The van der Waals surface area contributed by atoms with Crippen LogP contribution < -0.4 is 0 Å². The van der Waals surface area contributed by atoms with E-state index in [-0.39, 0.29) is 0 Å². The van der Waals surface area contributed by atoms with Gasteiger partial charge in [-0.2, -0.15) is 0 Å². The van der Waals surface area contributed by atoms with E-state index in [1.807, 2.05) is 47.2 Å². The molecular formula is C13H10ClN3. The van der Waals surface area contributed by atoms with Crippen molar-refractivity contribution in [1.29, 1.82) is 0 Å². The van der Waals surface area contributed by atoms with E-state index in [9.17, 15) is 0 Å². The first-order chi connectivity index (χ1) is 8.40. The molecule has 1 aromatic carbocycles. The van der Waals surface area contributed by atoms with E-state index in [0.717, 1.165) is 22.5 Å². The smallest absolute Gasteiger partial charge is 0.129 e. The second kappa shape index (κ2) is 4.18. The lowest BCUT2D eigenvalue weighted by Gasteiger charge is -2.06. The van der Waals surface area contributed by atoms with Crippen molar-refractivity contribution in [3.63, 3.8) is 0 Å². The van der Waals surface area contributed by atoms with E-state index in [2.05, 4.69) is 9.97 Å². The fourth-order valence-electron chi connectivity index (χ4n) is 1.93. The summed E-state index contributed by atoms with van der Waals surface area (Å²) >= 11 is 5.95. The average Bonchev–Trinajstić information content (AvgIpc) is 2.78. The van der Waals surface area contributed by atoms with Gasteiger partial charge in [0.1, 0.15) is 5.82 Å². The summed E-state index contributed by atoms with van der Waals surface area (Å²) in [4.78, 5) is 8.64. The van der Waals surface area contributed by atoms with Crippen LogP contribution in [-0.4, -0.2) is 14.5 Å². The van der Waals surface area contributed by atoms with Crippen molar-refractivity contribution in [1.82, 2.24) is 14.5 Å². The molecule has 2 aromatic heterocycles. The predicted molar refractivity (Wildman–Crippen MR) is 68.4 cm³/mol. The molecule has 0 aliphatic heterocycles. The fourth-order valence-corrected chi connectivity index (χ4v) is 2.11. The molecule has 0 fully saturated rings. The van der Waals surface area contributed by atoms with Gasteiger partial charge in [-0.3, -0.25) is 9.55 Å². The molecule has 84 valence electrons. The van der Waals surface area contributed by atoms with Crippen molar-refractivity contribution in [3.8, 4) is 5.69 Å². The molecule has 0 aliphatic rings. The molecule has 4 heteroatoms. The molecule has 0 spiro atoms. The van der Waals surface area contributed by atoms with Gasteiger partial charge in [0.15, 0.2) is 0 Å². The fraction of sp³-hybridized carbons (Fsp3) is 0.0769. The van der Waals surface area contributed by atoms with Crippen LogP contribution in [0, 0.1) is 0 Å². The van der Waals surface area contributed by atoms with Crippen LogP contribution in [0.4, 0.5) is 0 Å². The zero-order valence-electron chi connectivity index (χ0n) is 9.05. The van der Waals surface area contributed by atoms with Crippen LogP contribution in [0.25, 0.3) is 16.7 Å². The van der Waals surface area contributed by atoms with Crippen LogP contribution >= 0.6 is 11.6 Å². The standard InChI is InChI=1S/C13H10ClN3/c14-8-13-16-11-6-7-15-9-12(11)17(13)10-4-2-1-3-5-10/h1-7,9H,8H2. The lowest BCUT2D eigenvalue weighted by atomic mass is 10.3. The van der Waals surface area contributed by atoms with Gasteiger partial charge in [-0.05, 0) is 18.2 Å². The molecule has 0 radical (unpaired) electrons. The summed E-state index contributed by atoms with van der Waals surface area (Å²) < 4.78 is 2.04. The number of hydrogen-bond acceptors (Lipinski definition) is 2. The second-order valence-corrected chi connectivity index (χ2v) is 3.96. The number of benzene rings is 1. The summed E-state index contributed by atoms with van der Waals surface area (Å²) in [7, 11) is 0. The van der Waals surface area contributed by atoms with Crippen LogP contribution in [-0.2, 0) is 5.88 Å². The van der Waals surface area contributed by atoms with Gasteiger partial charge in [0.25, 0.3) is 0 Å². The molecule has 0 bridgehead atoms. The van der Waals surface area contributed by atoms with Crippen molar-refractivity contribution < 1.29 is 0 Å². The topological polar surface area (TPSA) is 30.7 Å². The molecule has 0 amide bonds. The van der Waals surface area contributed by atoms with Gasteiger partial charge in [-0.1, -0.05) is 18.2 Å². The number of alkyl halides is 1. The Bertz CT molecular complexity index is 646. The minimum Gasteiger partial charge on any atom is -0.294 e. The molecule has 0 aliphatic carbocycles. The Kier molecular flexibility index (Phi) is 2.53. The third-order valence-electron chi connectivity index (χ3n) is 2.66. The van der Waals surface area contributed by atoms with Crippen LogP contribution in [0.1, 0.15) is 5.82 Å². The molecule has 3 aromatic rings. The Labute approximate surface area is 104 Å². The van der Waals surface area contributed by atoms with Crippen molar-refractivity contribution in [3.05, 3.63) is 54.6 Å². The van der Waals surface area contributed by atoms with Crippen molar-refractivity contribution >= 4 is 22.6 Å². The van der Waals surface area contributed by atoms with Gasteiger partial charge < -0.3 is 0 Å². The first-order valence-corrected chi connectivity index (χ1v) is 5.86. The summed E-state index contributed by atoms with van der Waals surface area (Å²) in [5, 5.41) is 0. The highest BCUT2D eigenvalue weighted by Crippen LogP contribution is 2.21. The maximum Gasteiger partial charge on any atom is 0.129 e. The van der Waals surface area contributed by atoms with Crippen molar-refractivity contribution in [2.75, 3.05) is 0 Å².